The van der Waals surface area contributed by atoms with E-state index in [9.17, 15) is 9.59 Å². The van der Waals surface area contributed by atoms with Crippen LogP contribution >= 0.6 is 0 Å². The zero-order valence-corrected chi connectivity index (χ0v) is 13.7. The maximum atomic E-state index is 12.6. The van der Waals surface area contributed by atoms with E-state index in [2.05, 4.69) is 0 Å². The maximum Gasteiger partial charge on any atom is 0.228 e. The molecule has 2 amide bonds. The Kier molecular flexibility index (Phi) is 4.84. The third-order valence-corrected chi connectivity index (χ3v) is 4.60. The number of anilines is 1. The van der Waals surface area contributed by atoms with Crippen molar-refractivity contribution < 1.29 is 14.3 Å². The average molecular weight is 316 g/mol. The highest BCUT2D eigenvalue weighted by Gasteiger charge is 2.37. The number of ether oxygens (including phenoxy) is 1. The Morgan fingerprint density at radius 3 is 2.52 bits per heavy atom. The zero-order valence-electron chi connectivity index (χ0n) is 13.7. The molecule has 1 atom stereocenters. The van der Waals surface area contributed by atoms with E-state index < -0.39 is 0 Å². The predicted octanol–water partition coefficient (Wildman–Crippen LogP) is 2.45. The highest BCUT2D eigenvalue weighted by atomic mass is 16.5. The van der Waals surface area contributed by atoms with E-state index >= 15 is 0 Å². The molecule has 1 aromatic rings. The summed E-state index contributed by atoms with van der Waals surface area (Å²) in [6, 6.07) is 7.51. The van der Waals surface area contributed by atoms with Crippen LogP contribution in [0.2, 0.25) is 0 Å². The highest BCUT2D eigenvalue weighted by molar-refractivity contribution is 6.00. The Balaban J connectivity index is 1.65. The van der Waals surface area contributed by atoms with Crippen LogP contribution in [0.15, 0.2) is 24.3 Å². The molecule has 23 heavy (non-hydrogen) atoms. The minimum absolute atomic E-state index is 0.0320. The van der Waals surface area contributed by atoms with Gasteiger partial charge in [0, 0.05) is 31.7 Å². The number of piperidine rings is 1. The molecule has 3 rings (SSSR count). The molecule has 124 valence electrons. The third-order valence-electron chi connectivity index (χ3n) is 4.60. The smallest absolute Gasteiger partial charge is 0.228 e. The van der Waals surface area contributed by atoms with Crippen molar-refractivity contribution in [2.24, 2.45) is 5.92 Å². The molecule has 2 aliphatic heterocycles. The zero-order chi connectivity index (χ0) is 16.2. The second-order valence-electron chi connectivity index (χ2n) is 6.22. The quantitative estimate of drug-likeness (QED) is 0.857. The number of amides is 2. The van der Waals surface area contributed by atoms with E-state index in [-0.39, 0.29) is 17.7 Å². The normalized spacial score (nSPS) is 21.6. The van der Waals surface area contributed by atoms with Gasteiger partial charge in [0.2, 0.25) is 11.8 Å². The molecule has 0 aliphatic carbocycles. The third kappa shape index (κ3) is 3.49. The SMILES string of the molecule is CCOc1ccc(N2C[C@@H](C(=O)N3CCCCC3)CC2=O)cc1. The van der Waals surface area contributed by atoms with Gasteiger partial charge in [-0.1, -0.05) is 0 Å². The first-order valence-corrected chi connectivity index (χ1v) is 8.51. The van der Waals surface area contributed by atoms with Crippen LogP contribution in [0.4, 0.5) is 5.69 Å². The van der Waals surface area contributed by atoms with Gasteiger partial charge in [-0.15, -0.1) is 0 Å². The van der Waals surface area contributed by atoms with E-state index in [0.29, 0.717) is 19.6 Å². The van der Waals surface area contributed by atoms with Crippen molar-refractivity contribution in [1.29, 1.82) is 0 Å². The minimum atomic E-state index is -0.202. The summed E-state index contributed by atoms with van der Waals surface area (Å²) in [4.78, 5) is 28.6. The molecule has 0 aromatic heterocycles. The van der Waals surface area contributed by atoms with Gasteiger partial charge in [0.25, 0.3) is 0 Å². The van der Waals surface area contributed by atoms with Crippen LogP contribution in [0.3, 0.4) is 0 Å². The van der Waals surface area contributed by atoms with Crippen LogP contribution in [0.25, 0.3) is 0 Å². The number of hydrogen-bond acceptors (Lipinski definition) is 3. The van der Waals surface area contributed by atoms with Crippen molar-refractivity contribution in [1.82, 2.24) is 4.90 Å². The number of likely N-dealkylation sites (tertiary alicyclic amines) is 1. The van der Waals surface area contributed by atoms with E-state index in [1.807, 2.05) is 36.1 Å². The first-order valence-electron chi connectivity index (χ1n) is 8.51. The Hall–Kier alpha value is -2.04. The van der Waals surface area contributed by atoms with Gasteiger partial charge in [-0.25, -0.2) is 0 Å². The van der Waals surface area contributed by atoms with Gasteiger partial charge in [-0.2, -0.15) is 0 Å². The lowest BCUT2D eigenvalue weighted by molar-refractivity contribution is -0.136. The molecule has 0 N–H and O–H groups in total. The summed E-state index contributed by atoms with van der Waals surface area (Å²) in [6.45, 7) is 4.73. The van der Waals surface area contributed by atoms with Gasteiger partial charge in [0.05, 0.1) is 12.5 Å². The van der Waals surface area contributed by atoms with Crippen molar-refractivity contribution in [3.8, 4) is 5.75 Å². The summed E-state index contributed by atoms with van der Waals surface area (Å²) in [7, 11) is 0. The summed E-state index contributed by atoms with van der Waals surface area (Å²) in [5, 5.41) is 0. The van der Waals surface area contributed by atoms with Crippen LogP contribution in [0.1, 0.15) is 32.6 Å². The number of carbonyl (C=O) groups excluding carboxylic acids is 2. The van der Waals surface area contributed by atoms with Crippen molar-refractivity contribution in [2.75, 3.05) is 31.1 Å². The predicted molar refractivity (Wildman–Crippen MR) is 88.5 cm³/mol. The second-order valence-corrected chi connectivity index (χ2v) is 6.22. The molecule has 5 heteroatoms. The molecule has 0 saturated carbocycles. The largest absolute Gasteiger partial charge is 0.494 e. The molecular weight excluding hydrogens is 292 g/mol. The lowest BCUT2D eigenvalue weighted by atomic mass is 10.0. The van der Waals surface area contributed by atoms with E-state index in [1.54, 1.807) is 4.90 Å². The van der Waals surface area contributed by atoms with E-state index in [1.165, 1.54) is 6.42 Å². The second kappa shape index (κ2) is 7.02. The average Bonchev–Trinajstić information content (AvgIpc) is 2.98. The molecule has 5 nitrogen and oxygen atoms in total. The van der Waals surface area contributed by atoms with Crippen LogP contribution in [0.5, 0.6) is 5.75 Å². The van der Waals surface area contributed by atoms with Gasteiger partial charge >= 0.3 is 0 Å². The molecule has 2 aliphatic rings. The van der Waals surface area contributed by atoms with E-state index in [0.717, 1.165) is 37.4 Å². The minimum Gasteiger partial charge on any atom is -0.494 e. The summed E-state index contributed by atoms with van der Waals surface area (Å²) in [5.74, 6) is 0.770. The van der Waals surface area contributed by atoms with Gasteiger partial charge < -0.3 is 14.5 Å². The van der Waals surface area contributed by atoms with Gasteiger partial charge in [-0.3, -0.25) is 9.59 Å². The van der Waals surface area contributed by atoms with Crippen molar-refractivity contribution in [3.05, 3.63) is 24.3 Å². The first-order chi connectivity index (χ1) is 11.2. The molecule has 0 unspecified atom stereocenters. The Bertz CT molecular complexity index is 564. The number of carbonyl (C=O) groups is 2. The van der Waals surface area contributed by atoms with Gasteiger partial charge in [0.15, 0.2) is 0 Å². The van der Waals surface area contributed by atoms with Crippen molar-refractivity contribution in [2.45, 2.75) is 32.6 Å². The molecule has 2 saturated heterocycles. The lowest BCUT2D eigenvalue weighted by Gasteiger charge is -2.29. The van der Waals surface area contributed by atoms with Crippen LogP contribution in [-0.2, 0) is 9.59 Å². The Morgan fingerprint density at radius 2 is 1.87 bits per heavy atom. The Morgan fingerprint density at radius 1 is 1.17 bits per heavy atom. The molecule has 0 bridgehead atoms. The summed E-state index contributed by atoms with van der Waals surface area (Å²) in [6.07, 6.45) is 3.68. The molecule has 0 radical (unpaired) electrons. The summed E-state index contributed by atoms with van der Waals surface area (Å²) >= 11 is 0. The maximum absolute atomic E-state index is 12.6. The highest BCUT2D eigenvalue weighted by Crippen LogP contribution is 2.28. The molecular formula is C18H24N2O3. The number of rotatable bonds is 4. The molecule has 1 aromatic carbocycles. The topological polar surface area (TPSA) is 49.9 Å². The first kappa shape index (κ1) is 15.8. The lowest BCUT2D eigenvalue weighted by Crippen LogP contribution is -2.40. The van der Waals surface area contributed by atoms with Crippen molar-refractivity contribution in [3.63, 3.8) is 0 Å². The van der Waals surface area contributed by atoms with Gasteiger partial charge in [0.1, 0.15) is 5.75 Å². The van der Waals surface area contributed by atoms with Gasteiger partial charge in [-0.05, 0) is 50.5 Å². The van der Waals surface area contributed by atoms with Crippen molar-refractivity contribution >= 4 is 17.5 Å². The number of hydrogen-bond donors (Lipinski definition) is 0. The fourth-order valence-corrected chi connectivity index (χ4v) is 3.38. The molecule has 0 spiro atoms. The van der Waals surface area contributed by atoms with Crippen LogP contribution < -0.4 is 9.64 Å². The number of benzene rings is 1. The van der Waals surface area contributed by atoms with Crippen LogP contribution in [-0.4, -0.2) is 43.0 Å². The van der Waals surface area contributed by atoms with E-state index in [4.69, 9.17) is 4.74 Å². The van der Waals surface area contributed by atoms with Crippen LogP contribution in [0, 0.1) is 5.92 Å². The molecule has 2 fully saturated rings. The fourth-order valence-electron chi connectivity index (χ4n) is 3.38. The Labute approximate surface area is 137 Å². The standard InChI is InChI=1S/C18H24N2O3/c1-2-23-16-8-6-15(7-9-16)20-13-14(12-17(20)21)18(22)19-10-4-3-5-11-19/h6-9,14H,2-5,10-13H2,1H3/t14-/m0/s1. The monoisotopic (exact) mass is 316 g/mol. The fraction of sp³-hybridized carbons (Fsp3) is 0.556. The summed E-state index contributed by atoms with van der Waals surface area (Å²) < 4.78 is 5.42. The summed E-state index contributed by atoms with van der Waals surface area (Å²) in [5.41, 5.74) is 0.840. The molecule has 2 heterocycles. The number of nitrogens with zero attached hydrogens (tertiary/aromatic N) is 2.